The molecule has 3 N–H and O–H groups in total. The van der Waals surface area contributed by atoms with Gasteiger partial charge in [-0.05, 0) is 39.5 Å². The Hall–Kier alpha value is -0.650. The molecule has 5 heteroatoms. The molecule has 0 spiro atoms. The smallest absolute Gasteiger partial charge is 0.323 e. The van der Waals surface area contributed by atoms with Gasteiger partial charge in [0.15, 0.2) is 0 Å². The topological polar surface area (TPSA) is 78.8 Å². The average molecular weight is 287 g/mol. The molecule has 0 amide bonds. The monoisotopic (exact) mass is 287 g/mol. The van der Waals surface area contributed by atoms with E-state index in [9.17, 15) is 9.90 Å². The maximum absolute atomic E-state index is 12.3. The largest absolute Gasteiger partial charge is 0.459 e. The fraction of sp³-hybridized carbons (Fsp3) is 0.933. The number of hydrogen-bond acceptors (Lipinski definition) is 5. The molecule has 0 aliphatic heterocycles. The highest BCUT2D eigenvalue weighted by Crippen LogP contribution is 2.27. The summed E-state index contributed by atoms with van der Waals surface area (Å²) in [5, 5.41) is 21.4. The third-order valence-electron chi connectivity index (χ3n) is 3.57. The molecule has 5 nitrogen and oxygen atoms in total. The highest BCUT2D eigenvalue weighted by molar-refractivity contribution is 5.76. The summed E-state index contributed by atoms with van der Waals surface area (Å²) in [6.07, 6.45) is 4.65. The summed E-state index contributed by atoms with van der Waals surface area (Å²) < 4.78 is 5.47. The van der Waals surface area contributed by atoms with Crippen LogP contribution in [0.4, 0.5) is 0 Å². The molecule has 20 heavy (non-hydrogen) atoms. The highest BCUT2D eigenvalue weighted by atomic mass is 16.6. The first-order chi connectivity index (χ1) is 9.33. The van der Waals surface area contributed by atoms with Gasteiger partial charge in [0.25, 0.3) is 0 Å². The number of aliphatic hydroxyl groups excluding tert-OH is 2. The summed E-state index contributed by atoms with van der Waals surface area (Å²) in [5.74, 6) is -0.000896. The summed E-state index contributed by atoms with van der Waals surface area (Å²) >= 11 is 0. The molecule has 1 aliphatic carbocycles. The fourth-order valence-corrected chi connectivity index (χ4v) is 2.60. The fourth-order valence-electron chi connectivity index (χ4n) is 2.60. The van der Waals surface area contributed by atoms with Crippen LogP contribution in [0, 0.1) is 5.92 Å². The highest BCUT2D eigenvalue weighted by Gasteiger charge is 2.32. The summed E-state index contributed by atoms with van der Waals surface area (Å²) in [7, 11) is 0. The van der Waals surface area contributed by atoms with E-state index in [4.69, 9.17) is 9.84 Å². The second-order valence-corrected chi connectivity index (χ2v) is 6.65. The van der Waals surface area contributed by atoms with Crippen LogP contribution < -0.4 is 5.32 Å². The van der Waals surface area contributed by atoms with Gasteiger partial charge in [0.05, 0.1) is 12.7 Å². The SMILES string of the molecule is CC(C)(C)OC(=O)C(NC[C@H](O)CO)C1CCCCC1. The van der Waals surface area contributed by atoms with Crippen molar-refractivity contribution in [3.05, 3.63) is 0 Å². The van der Waals surface area contributed by atoms with Crippen LogP contribution in [0.5, 0.6) is 0 Å². The van der Waals surface area contributed by atoms with E-state index in [2.05, 4.69) is 5.32 Å². The Morgan fingerprint density at radius 2 is 1.90 bits per heavy atom. The number of ether oxygens (including phenoxy) is 1. The second kappa shape index (κ2) is 7.96. The summed E-state index contributed by atoms with van der Waals surface area (Å²) in [5.41, 5.74) is -0.513. The van der Waals surface area contributed by atoms with Crippen LogP contribution in [0.2, 0.25) is 0 Å². The van der Waals surface area contributed by atoms with E-state index < -0.39 is 17.7 Å². The Bertz CT molecular complexity index is 295. The van der Waals surface area contributed by atoms with Gasteiger partial charge in [-0.2, -0.15) is 0 Å². The number of hydrogen-bond donors (Lipinski definition) is 3. The predicted octanol–water partition coefficient (Wildman–Crippen LogP) is 1.22. The van der Waals surface area contributed by atoms with Crippen molar-refractivity contribution in [3.63, 3.8) is 0 Å². The molecular formula is C15H29NO4. The summed E-state index contributed by atoms with van der Waals surface area (Å²) in [4.78, 5) is 12.3. The first kappa shape index (κ1) is 17.4. The van der Waals surface area contributed by atoms with Crippen molar-refractivity contribution in [1.82, 2.24) is 5.32 Å². The van der Waals surface area contributed by atoms with Crippen LogP contribution >= 0.6 is 0 Å². The lowest BCUT2D eigenvalue weighted by Gasteiger charge is -2.32. The van der Waals surface area contributed by atoms with Gasteiger partial charge in [0, 0.05) is 6.54 Å². The molecule has 1 aliphatic rings. The Balaban J connectivity index is 2.64. The first-order valence-corrected chi connectivity index (χ1v) is 7.58. The van der Waals surface area contributed by atoms with E-state index in [1.54, 1.807) is 0 Å². The molecule has 2 atom stereocenters. The van der Waals surface area contributed by atoms with Crippen LogP contribution in [0.3, 0.4) is 0 Å². The lowest BCUT2D eigenvalue weighted by Crippen LogP contribution is -2.49. The Kier molecular flexibility index (Phi) is 6.92. The van der Waals surface area contributed by atoms with Gasteiger partial charge in [0.1, 0.15) is 11.6 Å². The zero-order valence-electron chi connectivity index (χ0n) is 12.9. The number of esters is 1. The maximum atomic E-state index is 12.3. The molecule has 0 aromatic rings. The van der Waals surface area contributed by atoms with Crippen molar-refractivity contribution in [2.45, 2.75) is 70.6 Å². The van der Waals surface area contributed by atoms with Gasteiger partial charge in [0.2, 0.25) is 0 Å². The Labute approximate surface area is 121 Å². The van der Waals surface area contributed by atoms with Crippen molar-refractivity contribution < 1.29 is 19.7 Å². The number of carbonyl (C=O) groups is 1. The molecular weight excluding hydrogens is 258 g/mol. The van der Waals surface area contributed by atoms with Crippen LogP contribution in [0.15, 0.2) is 0 Å². The van der Waals surface area contributed by atoms with Gasteiger partial charge in [-0.15, -0.1) is 0 Å². The Morgan fingerprint density at radius 1 is 1.30 bits per heavy atom. The van der Waals surface area contributed by atoms with Gasteiger partial charge in [-0.1, -0.05) is 19.3 Å². The summed E-state index contributed by atoms with van der Waals surface area (Å²) in [6.45, 7) is 5.46. The number of rotatable bonds is 6. The average Bonchev–Trinajstić information content (AvgIpc) is 2.37. The minimum atomic E-state index is -0.844. The zero-order chi connectivity index (χ0) is 15.2. The van der Waals surface area contributed by atoms with Gasteiger partial charge < -0.3 is 20.3 Å². The minimum Gasteiger partial charge on any atom is -0.459 e. The predicted molar refractivity (Wildman–Crippen MR) is 77.3 cm³/mol. The van der Waals surface area contributed by atoms with Gasteiger partial charge in [-0.25, -0.2) is 0 Å². The molecule has 0 saturated heterocycles. The minimum absolute atomic E-state index is 0.205. The van der Waals surface area contributed by atoms with E-state index >= 15 is 0 Å². The van der Waals surface area contributed by atoms with Crippen molar-refractivity contribution in [2.75, 3.05) is 13.2 Å². The number of nitrogens with one attached hydrogen (secondary N) is 1. The van der Waals surface area contributed by atoms with Gasteiger partial charge >= 0.3 is 5.97 Å². The molecule has 0 aromatic heterocycles. The standard InChI is InChI=1S/C15H29NO4/c1-15(2,3)20-14(19)13(16-9-12(18)10-17)11-7-5-4-6-8-11/h11-13,16-18H,4-10H2,1-3H3/t12-,13?/m0/s1. The maximum Gasteiger partial charge on any atom is 0.323 e. The third kappa shape index (κ3) is 6.20. The third-order valence-corrected chi connectivity index (χ3v) is 3.57. The lowest BCUT2D eigenvalue weighted by molar-refractivity contribution is -0.159. The van der Waals surface area contributed by atoms with Gasteiger partial charge in [-0.3, -0.25) is 4.79 Å². The van der Waals surface area contributed by atoms with E-state index in [1.807, 2.05) is 20.8 Å². The van der Waals surface area contributed by atoms with E-state index in [1.165, 1.54) is 6.42 Å². The molecule has 1 unspecified atom stereocenters. The molecule has 1 rings (SSSR count). The quantitative estimate of drug-likeness (QED) is 0.640. The van der Waals surface area contributed by atoms with Crippen molar-refractivity contribution in [1.29, 1.82) is 0 Å². The van der Waals surface area contributed by atoms with Crippen LogP contribution in [-0.2, 0) is 9.53 Å². The van der Waals surface area contributed by atoms with Crippen molar-refractivity contribution in [2.24, 2.45) is 5.92 Å². The van der Waals surface area contributed by atoms with Crippen LogP contribution in [0.25, 0.3) is 0 Å². The molecule has 0 radical (unpaired) electrons. The van der Waals surface area contributed by atoms with Crippen molar-refractivity contribution >= 4 is 5.97 Å². The Morgan fingerprint density at radius 3 is 2.40 bits per heavy atom. The van der Waals surface area contributed by atoms with Crippen LogP contribution in [0.1, 0.15) is 52.9 Å². The molecule has 0 aromatic carbocycles. The molecule has 1 saturated carbocycles. The summed E-state index contributed by atoms with van der Waals surface area (Å²) in [6, 6.07) is -0.393. The van der Waals surface area contributed by atoms with Crippen molar-refractivity contribution in [3.8, 4) is 0 Å². The normalized spacial score (nSPS) is 20.4. The number of aliphatic hydroxyl groups is 2. The molecule has 0 bridgehead atoms. The zero-order valence-corrected chi connectivity index (χ0v) is 12.9. The lowest BCUT2D eigenvalue weighted by atomic mass is 9.83. The molecule has 118 valence electrons. The second-order valence-electron chi connectivity index (χ2n) is 6.65. The molecule has 1 fully saturated rings. The number of carbonyl (C=O) groups excluding carboxylic acids is 1. The van der Waals surface area contributed by atoms with Crippen LogP contribution in [-0.4, -0.2) is 47.1 Å². The van der Waals surface area contributed by atoms with E-state index in [0.29, 0.717) is 0 Å². The van der Waals surface area contributed by atoms with E-state index in [0.717, 1.165) is 25.7 Å². The van der Waals surface area contributed by atoms with E-state index in [-0.39, 0.29) is 25.0 Å². The molecule has 0 heterocycles. The first-order valence-electron chi connectivity index (χ1n) is 7.58.